The van der Waals surface area contributed by atoms with E-state index in [1.54, 1.807) is 6.07 Å². The van der Waals surface area contributed by atoms with E-state index in [0.717, 1.165) is 57.5 Å². The van der Waals surface area contributed by atoms with Gasteiger partial charge in [-0.3, -0.25) is 0 Å². The van der Waals surface area contributed by atoms with Crippen LogP contribution in [0.1, 0.15) is 52.0 Å². The maximum atomic E-state index is 13.7. The number of carbonyl (C=O) groups excluding carboxylic acids is 1. The van der Waals surface area contributed by atoms with Crippen LogP contribution in [0.3, 0.4) is 0 Å². The number of carbonyl (C=O) groups is 1. The summed E-state index contributed by atoms with van der Waals surface area (Å²) in [4.78, 5) is 16.2. The molecule has 1 aromatic carbocycles. The molecule has 0 atom stereocenters. The van der Waals surface area contributed by atoms with Gasteiger partial charge in [-0.25, -0.2) is 9.18 Å². The third-order valence-corrected chi connectivity index (χ3v) is 5.77. The first-order chi connectivity index (χ1) is 13.2. The van der Waals surface area contributed by atoms with Gasteiger partial charge in [0, 0.05) is 31.9 Å². The molecular formula is C22H30FN3O2. The van der Waals surface area contributed by atoms with E-state index in [1.807, 2.05) is 31.7 Å². The first kappa shape index (κ1) is 20.4. The van der Waals surface area contributed by atoms with Gasteiger partial charge >= 0.3 is 6.09 Å². The van der Waals surface area contributed by atoms with Gasteiger partial charge in [0.05, 0.1) is 11.6 Å². The maximum Gasteiger partial charge on any atom is 0.410 e. The standard InChI is InChI=1S/C22H30FN3O2/c1-22(2,3)28-21(27)26-10-6-18(7-11-26)17-4-8-25(9-5-17)20-13-16(15-24)12-19(23)14-20/h12-14,17-18H,4-11H2,1-3H3. The topological polar surface area (TPSA) is 56.6 Å². The van der Waals surface area contributed by atoms with Crippen LogP contribution in [0.15, 0.2) is 18.2 Å². The van der Waals surface area contributed by atoms with Crippen LogP contribution in [0.2, 0.25) is 0 Å². The quantitative estimate of drug-likeness (QED) is 0.746. The van der Waals surface area contributed by atoms with Gasteiger partial charge in [-0.2, -0.15) is 5.26 Å². The molecule has 0 aromatic heterocycles. The number of ether oxygens (including phenoxy) is 1. The number of piperidine rings is 2. The fraction of sp³-hybridized carbons (Fsp3) is 0.636. The molecule has 5 nitrogen and oxygen atoms in total. The summed E-state index contributed by atoms with van der Waals surface area (Å²) in [6.45, 7) is 8.96. The SMILES string of the molecule is CC(C)(C)OC(=O)N1CCC(C2CCN(c3cc(F)cc(C#N)c3)CC2)CC1. The second kappa shape index (κ2) is 8.38. The summed E-state index contributed by atoms with van der Waals surface area (Å²) < 4.78 is 19.2. The van der Waals surface area contributed by atoms with Crippen molar-refractivity contribution in [2.24, 2.45) is 11.8 Å². The summed E-state index contributed by atoms with van der Waals surface area (Å²) in [5.41, 5.74) is 0.713. The van der Waals surface area contributed by atoms with Crippen LogP contribution < -0.4 is 4.90 Å². The van der Waals surface area contributed by atoms with E-state index in [4.69, 9.17) is 10.00 Å². The zero-order chi connectivity index (χ0) is 20.3. The molecule has 0 unspecified atom stereocenters. The van der Waals surface area contributed by atoms with Crippen LogP contribution >= 0.6 is 0 Å². The van der Waals surface area contributed by atoms with Crippen molar-refractivity contribution in [3.8, 4) is 6.07 Å². The molecule has 28 heavy (non-hydrogen) atoms. The van der Waals surface area contributed by atoms with Crippen molar-refractivity contribution in [1.82, 2.24) is 4.90 Å². The van der Waals surface area contributed by atoms with Gasteiger partial charge in [0.25, 0.3) is 0 Å². The molecular weight excluding hydrogens is 357 g/mol. The van der Waals surface area contributed by atoms with E-state index in [9.17, 15) is 9.18 Å². The number of likely N-dealkylation sites (tertiary alicyclic amines) is 1. The van der Waals surface area contributed by atoms with Crippen molar-refractivity contribution in [2.75, 3.05) is 31.1 Å². The molecule has 0 radical (unpaired) electrons. The molecule has 0 saturated carbocycles. The second-order valence-electron chi connectivity index (χ2n) is 8.94. The lowest BCUT2D eigenvalue weighted by atomic mass is 9.79. The molecule has 2 aliphatic heterocycles. The van der Waals surface area contributed by atoms with Gasteiger partial charge in [-0.05, 0) is 76.5 Å². The van der Waals surface area contributed by atoms with Crippen molar-refractivity contribution >= 4 is 11.8 Å². The van der Waals surface area contributed by atoms with Crippen LogP contribution in [-0.4, -0.2) is 42.8 Å². The Morgan fingerprint density at radius 1 is 1.07 bits per heavy atom. The Morgan fingerprint density at radius 3 is 2.18 bits per heavy atom. The monoisotopic (exact) mass is 387 g/mol. The Morgan fingerprint density at radius 2 is 1.64 bits per heavy atom. The molecule has 0 aliphatic carbocycles. The van der Waals surface area contributed by atoms with Crippen LogP contribution in [0, 0.1) is 29.0 Å². The number of anilines is 1. The summed E-state index contributed by atoms with van der Waals surface area (Å²) >= 11 is 0. The Hall–Kier alpha value is -2.29. The lowest BCUT2D eigenvalue weighted by molar-refractivity contribution is 0.0152. The first-order valence-electron chi connectivity index (χ1n) is 10.2. The van der Waals surface area contributed by atoms with Gasteiger partial charge in [-0.1, -0.05) is 0 Å². The van der Waals surface area contributed by atoms with Crippen molar-refractivity contribution < 1.29 is 13.9 Å². The maximum absolute atomic E-state index is 13.7. The molecule has 0 spiro atoms. The molecule has 6 heteroatoms. The number of amides is 1. The van der Waals surface area contributed by atoms with Crippen molar-refractivity contribution in [3.05, 3.63) is 29.6 Å². The molecule has 2 saturated heterocycles. The van der Waals surface area contributed by atoms with Crippen LogP contribution in [0.25, 0.3) is 0 Å². The summed E-state index contributed by atoms with van der Waals surface area (Å²) in [6, 6.07) is 6.58. The average Bonchev–Trinajstić information content (AvgIpc) is 2.66. The highest BCUT2D eigenvalue weighted by Crippen LogP contribution is 2.34. The summed E-state index contributed by atoms with van der Waals surface area (Å²) in [6.07, 6.45) is 3.95. The fourth-order valence-electron chi connectivity index (χ4n) is 4.33. The average molecular weight is 387 g/mol. The molecule has 152 valence electrons. The Bertz CT molecular complexity index is 737. The summed E-state index contributed by atoms with van der Waals surface area (Å²) in [7, 11) is 0. The Labute approximate surface area is 167 Å². The Kier molecular flexibility index (Phi) is 6.12. The zero-order valence-corrected chi connectivity index (χ0v) is 17.1. The lowest BCUT2D eigenvalue weighted by Gasteiger charge is -2.41. The highest BCUT2D eigenvalue weighted by molar-refractivity contribution is 5.68. The van der Waals surface area contributed by atoms with Gasteiger partial charge in [-0.15, -0.1) is 0 Å². The second-order valence-corrected chi connectivity index (χ2v) is 8.94. The minimum Gasteiger partial charge on any atom is -0.444 e. The van der Waals surface area contributed by atoms with E-state index in [-0.39, 0.29) is 11.9 Å². The molecule has 0 N–H and O–H groups in total. The van der Waals surface area contributed by atoms with E-state index in [1.165, 1.54) is 12.1 Å². The predicted molar refractivity (Wildman–Crippen MR) is 107 cm³/mol. The Balaban J connectivity index is 1.49. The zero-order valence-electron chi connectivity index (χ0n) is 17.1. The summed E-state index contributed by atoms with van der Waals surface area (Å²) in [5.74, 6) is 0.912. The number of hydrogen-bond acceptors (Lipinski definition) is 4. The van der Waals surface area contributed by atoms with E-state index in [0.29, 0.717) is 17.4 Å². The van der Waals surface area contributed by atoms with E-state index >= 15 is 0 Å². The number of rotatable bonds is 2. The van der Waals surface area contributed by atoms with Gasteiger partial charge in [0.1, 0.15) is 11.4 Å². The molecule has 1 amide bonds. The van der Waals surface area contributed by atoms with Crippen molar-refractivity contribution in [1.29, 1.82) is 5.26 Å². The third-order valence-electron chi connectivity index (χ3n) is 5.77. The largest absolute Gasteiger partial charge is 0.444 e. The van der Waals surface area contributed by atoms with Crippen LogP contribution in [0.5, 0.6) is 0 Å². The normalized spacial score (nSPS) is 19.4. The van der Waals surface area contributed by atoms with Gasteiger partial charge < -0.3 is 14.5 Å². The number of nitrogens with zero attached hydrogens (tertiary/aromatic N) is 3. The van der Waals surface area contributed by atoms with E-state index < -0.39 is 5.60 Å². The molecule has 3 rings (SSSR count). The number of halogens is 1. The van der Waals surface area contributed by atoms with Crippen LogP contribution in [0.4, 0.5) is 14.9 Å². The molecule has 2 fully saturated rings. The highest BCUT2D eigenvalue weighted by Gasteiger charge is 2.32. The molecule has 1 aromatic rings. The third kappa shape index (κ3) is 5.15. The fourth-order valence-corrected chi connectivity index (χ4v) is 4.33. The minimum absolute atomic E-state index is 0.208. The number of benzene rings is 1. The highest BCUT2D eigenvalue weighted by atomic mass is 19.1. The van der Waals surface area contributed by atoms with E-state index in [2.05, 4.69) is 4.90 Å². The van der Waals surface area contributed by atoms with Crippen LogP contribution in [-0.2, 0) is 4.74 Å². The van der Waals surface area contributed by atoms with Gasteiger partial charge in [0.15, 0.2) is 0 Å². The smallest absolute Gasteiger partial charge is 0.410 e. The number of nitriles is 1. The molecule has 2 heterocycles. The van der Waals surface area contributed by atoms with Crippen molar-refractivity contribution in [3.63, 3.8) is 0 Å². The van der Waals surface area contributed by atoms with Crippen molar-refractivity contribution in [2.45, 2.75) is 52.1 Å². The minimum atomic E-state index is -0.455. The summed E-state index contributed by atoms with van der Waals surface area (Å²) in [5, 5.41) is 9.05. The number of hydrogen-bond donors (Lipinski definition) is 0. The molecule has 0 bridgehead atoms. The lowest BCUT2D eigenvalue weighted by Crippen LogP contribution is -2.44. The predicted octanol–water partition coefficient (Wildman–Crippen LogP) is 4.56. The van der Waals surface area contributed by atoms with Gasteiger partial charge in [0.2, 0.25) is 0 Å². The molecule has 2 aliphatic rings. The first-order valence-corrected chi connectivity index (χ1v) is 10.2.